The zero-order chi connectivity index (χ0) is 14.9. The van der Waals surface area contributed by atoms with E-state index in [0.29, 0.717) is 11.1 Å². The van der Waals surface area contributed by atoms with Crippen molar-refractivity contribution in [2.45, 2.75) is 26.9 Å². The largest absolute Gasteiger partial charge is 0.384 e. The maximum atomic E-state index is 10.8. The molecule has 2 aromatic rings. The zero-order valence-electron chi connectivity index (χ0n) is 11.8. The maximum Gasteiger partial charge on any atom is 0.272 e. The molecule has 2 rings (SSSR count). The molecule has 1 atom stereocenters. The van der Waals surface area contributed by atoms with E-state index in [1.165, 1.54) is 11.6 Å². The van der Waals surface area contributed by atoms with Crippen molar-refractivity contribution in [1.82, 2.24) is 0 Å². The summed E-state index contributed by atoms with van der Waals surface area (Å²) in [6, 6.07) is 10.5. The van der Waals surface area contributed by atoms with Gasteiger partial charge in [0.15, 0.2) is 0 Å². The predicted molar refractivity (Wildman–Crippen MR) is 77.8 cm³/mol. The molecule has 4 heteroatoms. The van der Waals surface area contributed by atoms with Gasteiger partial charge >= 0.3 is 0 Å². The van der Waals surface area contributed by atoms with Crippen molar-refractivity contribution in [3.63, 3.8) is 0 Å². The van der Waals surface area contributed by atoms with Crippen LogP contribution in [-0.2, 0) is 0 Å². The zero-order valence-corrected chi connectivity index (χ0v) is 11.8. The number of aliphatic hydroxyl groups excluding tert-OH is 1. The molecular formula is C16H17NO3. The third-order valence-electron chi connectivity index (χ3n) is 3.58. The van der Waals surface area contributed by atoms with Gasteiger partial charge in [-0.15, -0.1) is 0 Å². The monoisotopic (exact) mass is 271 g/mol. The number of rotatable bonds is 3. The number of aryl methyl sites for hydroxylation is 3. The number of nitrogens with zero attached hydrogens (tertiary/aromatic N) is 1. The summed E-state index contributed by atoms with van der Waals surface area (Å²) in [4.78, 5) is 10.4. The van der Waals surface area contributed by atoms with Gasteiger partial charge in [0.25, 0.3) is 5.69 Å². The summed E-state index contributed by atoms with van der Waals surface area (Å²) in [6.45, 7) is 5.68. The van der Waals surface area contributed by atoms with Gasteiger partial charge < -0.3 is 5.11 Å². The van der Waals surface area contributed by atoms with Gasteiger partial charge in [0.05, 0.1) is 4.92 Å². The van der Waals surface area contributed by atoms with Crippen molar-refractivity contribution in [2.24, 2.45) is 0 Å². The molecule has 0 aliphatic rings. The molecule has 20 heavy (non-hydrogen) atoms. The Morgan fingerprint density at radius 2 is 1.50 bits per heavy atom. The maximum absolute atomic E-state index is 10.8. The normalized spacial score (nSPS) is 12.2. The Morgan fingerprint density at radius 1 is 0.950 bits per heavy atom. The molecule has 104 valence electrons. The predicted octanol–water partition coefficient (Wildman–Crippen LogP) is 3.60. The molecular weight excluding hydrogens is 254 g/mol. The van der Waals surface area contributed by atoms with Crippen LogP contribution in [0.1, 0.15) is 33.9 Å². The number of aliphatic hydroxyl groups is 1. The van der Waals surface area contributed by atoms with Gasteiger partial charge in [0.2, 0.25) is 0 Å². The van der Waals surface area contributed by atoms with Crippen molar-refractivity contribution in [3.8, 4) is 0 Å². The Morgan fingerprint density at radius 3 is 2.00 bits per heavy atom. The van der Waals surface area contributed by atoms with Crippen molar-refractivity contribution in [2.75, 3.05) is 0 Å². The van der Waals surface area contributed by atoms with Crippen LogP contribution >= 0.6 is 0 Å². The Balaban J connectivity index is 2.38. The van der Waals surface area contributed by atoms with E-state index < -0.39 is 11.0 Å². The van der Waals surface area contributed by atoms with Gasteiger partial charge in [-0.05, 0) is 55.2 Å². The first-order chi connectivity index (χ1) is 9.40. The second-order valence-electron chi connectivity index (χ2n) is 5.05. The minimum Gasteiger partial charge on any atom is -0.384 e. The van der Waals surface area contributed by atoms with Crippen LogP contribution in [-0.4, -0.2) is 10.0 Å². The molecule has 0 heterocycles. The highest BCUT2D eigenvalue weighted by atomic mass is 16.6. The number of nitro groups is 1. The summed E-state index contributed by atoms with van der Waals surface area (Å²) in [7, 11) is 0. The van der Waals surface area contributed by atoms with Crippen molar-refractivity contribution in [1.29, 1.82) is 0 Å². The Hall–Kier alpha value is -2.20. The fourth-order valence-electron chi connectivity index (χ4n) is 2.18. The highest BCUT2D eigenvalue weighted by Crippen LogP contribution is 2.27. The number of benzene rings is 2. The van der Waals surface area contributed by atoms with Gasteiger partial charge in [0, 0.05) is 11.6 Å². The smallest absolute Gasteiger partial charge is 0.272 e. The lowest BCUT2D eigenvalue weighted by Gasteiger charge is -2.14. The van der Waals surface area contributed by atoms with Crippen LogP contribution in [0.25, 0.3) is 0 Å². The third kappa shape index (κ3) is 2.70. The molecule has 0 aromatic heterocycles. The molecule has 0 aliphatic carbocycles. The summed E-state index contributed by atoms with van der Waals surface area (Å²) in [5.41, 5.74) is 4.36. The molecule has 0 fully saturated rings. The molecule has 0 spiro atoms. The number of hydrogen-bond donors (Lipinski definition) is 1. The fraction of sp³-hybridized carbons (Fsp3) is 0.250. The lowest BCUT2D eigenvalue weighted by molar-refractivity contribution is -0.385. The molecule has 0 amide bonds. The average molecular weight is 271 g/mol. The molecule has 0 saturated carbocycles. The third-order valence-corrected chi connectivity index (χ3v) is 3.58. The molecule has 0 bridgehead atoms. The Labute approximate surface area is 117 Å². The highest BCUT2D eigenvalue weighted by molar-refractivity contribution is 5.44. The van der Waals surface area contributed by atoms with Crippen molar-refractivity contribution >= 4 is 5.69 Å². The Bertz CT molecular complexity index is 665. The van der Waals surface area contributed by atoms with Gasteiger partial charge in [-0.3, -0.25) is 10.1 Å². The summed E-state index contributed by atoms with van der Waals surface area (Å²) in [6.07, 6.45) is -0.770. The van der Waals surface area contributed by atoms with Crippen LogP contribution in [0, 0.1) is 30.9 Å². The molecule has 2 aromatic carbocycles. The van der Waals surface area contributed by atoms with E-state index in [1.807, 2.05) is 32.0 Å². The summed E-state index contributed by atoms with van der Waals surface area (Å²) >= 11 is 0. The van der Waals surface area contributed by atoms with E-state index in [2.05, 4.69) is 0 Å². The van der Waals surface area contributed by atoms with Crippen molar-refractivity contribution < 1.29 is 10.0 Å². The van der Waals surface area contributed by atoms with E-state index >= 15 is 0 Å². The van der Waals surface area contributed by atoms with E-state index in [9.17, 15) is 15.2 Å². The van der Waals surface area contributed by atoms with Crippen LogP contribution in [0.2, 0.25) is 0 Å². The standard InChI is InChI=1S/C16H17NO3/c1-10-4-5-13(8-11(10)2)16(18)14-6-7-15(17(19)20)12(3)9-14/h4-9,16,18H,1-3H3/t16-/m1/s1. The molecule has 1 N–H and O–H groups in total. The van der Waals surface area contributed by atoms with Gasteiger partial charge in [0.1, 0.15) is 6.10 Å². The number of nitro benzene ring substituents is 1. The second-order valence-corrected chi connectivity index (χ2v) is 5.05. The minimum atomic E-state index is -0.770. The first-order valence-electron chi connectivity index (χ1n) is 6.40. The fourth-order valence-corrected chi connectivity index (χ4v) is 2.18. The topological polar surface area (TPSA) is 63.4 Å². The first-order valence-corrected chi connectivity index (χ1v) is 6.40. The highest BCUT2D eigenvalue weighted by Gasteiger charge is 2.16. The van der Waals surface area contributed by atoms with Gasteiger partial charge in [-0.1, -0.05) is 18.2 Å². The molecule has 0 unspecified atom stereocenters. The summed E-state index contributed by atoms with van der Waals surface area (Å²) < 4.78 is 0. The average Bonchev–Trinajstić information content (AvgIpc) is 2.40. The van der Waals surface area contributed by atoms with E-state index in [0.717, 1.165) is 11.1 Å². The second kappa shape index (κ2) is 5.43. The molecule has 0 aliphatic heterocycles. The van der Waals surface area contributed by atoms with Crippen LogP contribution in [0.15, 0.2) is 36.4 Å². The van der Waals surface area contributed by atoms with E-state index in [-0.39, 0.29) is 5.69 Å². The van der Waals surface area contributed by atoms with Crippen LogP contribution in [0.4, 0.5) is 5.69 Å². The van der Waals surface area contributed by atoms with Crippen molar-refractivity contribution in [3.05, 3.63) is 74.3 Å². The lowest BCUT2D eigenvalue weighted by Crippen LogP contribution is -2.02. The van der Waals surface area contributed by atoms with Crippen LogP contribution < -0.4 is 0 Å². The molecule has 0 radical (unpaired) electrons. The summed E-state index contributed by atoms with van der Waals surface area (Å²) in [5.74, 6) is 0. The van der Waals surface area contributed by atoms with Gasteiger partial charge in [-0.25, -0.2) is 0 Å². The van der Waals surface area contributed by atoms with E-state index in [4.69, 9.17) is 0 Å². The van der Waals surface area contributed by atoms with Crippen LogP contribution in [0.5, 0.6) is 0 Å². The minimum absolute atomic E-state index is 0.0704. The van der Waals surface area contributed by atoms with Crippen LogP contribution in [0.3, 0.4) is 0 Å². The summed E-state index contributed by atoms with van der Waals surface area (Å²) in [5, 5.41) is 21.2. The molecule has 0 saturated heterocycles. The number of hydrogen-bond acceptors (Lipinski definition) is 3. The lowest BCUT2D eigenvalue weighted by atomic mass is 9.96. The Kier molecular flexibility index (Phi) is 3.86. The molecule has 4 nitrogen and oxygen atoms in total. The van der Waals surface area contributed by atoms with E-state index in [1.54, 1.807) is 19.1 Å². The quantitative estimate of drug-likeness (QED) is 0.685. The van der Waals surface area contributed by atoms with Gasteiger partial charge in [-0.2, -0.15) is 0 Å². The SMILES string of the molecule is Cc1ccc([C@@H](O)c2ccc([N+](=O)[O-])c(C)c2)cc1C. The first kappa shape index (κ1) is 14.2.